The van der Waals surface area contributed by atoms with E-state index in [1.165, 1.54) is 0 Å². The largest absolute Gasteiger partial charge is 0.455 e. The molecule has 7 aromatic carbocycles. The predicted molar refractivity (Wildman–Crippen MR) is 219 cm³/mol. The fourth-order valence-corrected chi connectivity index (χ4v) is 6.89. The molecule has 3 aromatic heterocycles. The van der Waals surface area contributed by atoms with Crippen molar-refractivity contribution in [3.8, 4) is 79.5 Å². The number of fused-ring (bicyclic) bond motifs is 3. The molecule has 0 saturated carbocycles. The molecule has 0 radical (unpaired) electrons. The maximum Gasteiger partial charge on any atom is 0.167 e. The maximum atomic E-state index is 6.83. The summed E-state index contributed by atoms with van der Waals surface area (Å²) in [5.74, 6) is 3.60. The summed E-state index contributed by atoms with van der Waals surface area (Å²) in [5, 5.41) is 2.00. The smallest absolute Gasteiger partial charge is 0.167 e. The highest BCUT2D eigenvalue weighted by Gasteiger charge is 2.20. The minimum Gasteiger partial charge on any atom is -0.455 e. The topological polar surface area (TPSA) is 90.5 Å². The summed E-state index contributed by atoms with van der Waals surface area (Å²) in [6.45, 7) is 0. The van der Waals surface area contributed by atoms with Crippen LogP contribution in [0.1, 0.15) is 0 Å². The number of para-hydroxylation sites is 2. The fraction of sp³-hybridized carbons (Fsp3) is 0. The van der Waals surface area contributed by atoms with Crippen molar-refractivity contribution in [2.75, 3.05) is 0 Å². The normalized spacial score (nSPS) is 11.3. The lowest BCUT2D eigenvalue weighted by Crippen LogP contribution is -2.00. The van der Waals surface area contributed by atoms with Gasteiger partial charge in [-0.2, -0.15) is 0 Å². The Morgan fingerprint density at radius 1 is 0.236 bits per heavy atom. The summed E-state index contributed by atoms with van der Waals surface area (Å²) in [5.41, 5.74) is 8.86. The van der Waals surface area contributed by atoms with Crippen LogP contribution in [0.3, 0.4) is 0 Å². The lowest BCUT2D eigenvalue weighted by Gasteiger charge is -2.09. The van der Waals surface area contributed by atoms with E-state index < -0.39 is 0 Å². The molecule has 0 unspecified atom stereocenters. The van der Waals surface area contributed by atoms with Crippen LogP contribution in [0.4, 0.5) is 0 Å². The Kier molecular flexibility index (Phi) is 8.00. The minimum atomic E-state index is 0.547. The summed E-state index contributed by atoms with van der Waals surface area (Å²) in [6, 6.07) is 60.7. The van der Waals surface area contributed by atoms with Crippen molar-refractivity contribution in [3.05, 3.63) is 182 Å². The van der Waals surface area contributed by atoms with Crippen molar-refractivity contribution in [3.63, 3.8) is 0 Å². The van der Waals surface area contributed by atoms with Crippen molar-refractivity contribution < 1.29 is 4.42 Å². The van der Waals surface area contributed by atoms with E-state index in [2.05, 4.69) is 48.5 Å². The summed E-state index contributed by atoms with van der Waals surface area (Å²) in [7, 11) is 0. The third-order valence-electron chi connectivity index (χ3n) is 9.62. The first-order valence-corrected chi connectivity index (χ1v) is 18.0. The zero-order valence-electron chi connectivity index (χ0n) is 29.4. The van der Waals surface area contributed by atoms with Gasteiger partial charge in [0.1, 0.15) is 11.2 Å². The van der Waals surface area contributed by atoms with Gasteiger partial charge in [-0.1, -0.05) is 176 Å². The number of hydrogen-bond acceptors (Lipinski definition) is 7. The van der Waals surface area contributed by atoms with Gasteiger partial charge in [-0.25, -0.2) is 29.9 Å². The van der Waals surface area contributed by atoms with Crippen molar-refractivity contribution >= 4 is 21.9 Å². The molecule has 0 aliphatic rings. The fourth-order valence-electron chi connectivity index (χ4n) is 6.89. The second-order valence-corrected chi connectivity index (χ2v) is 13.1. The number of furan rings is 1. The number of benzene rings is 7. The molecule has 0 amide bonds. The van der Waals surface area contributed by atoms with Crippen LogP contribution in [0.5, 0.6) is 0 Å². The standard InChI is InChI=1S/C48H30N6O/c1-5-15-32(16-6-1)43-49-44(33-17-7-2-8-18-33)51-47(50-43)36-29-27-31(28-30-36)37-23-13-24-38-39-25-14-26-40(42(39)55-41(37)38)48-53-45(34-19-9-3-10-20-34)52-46(54-48)35-21-11-4-12-22-35/h1-30H. The molecule has 0 aliphatic carbocycles. The van der Waals surface area contributed by atoms with E-state index in [1.54, 1.807) is 0 Å². The van der Waals surface area contributed by atoms with Crippen molar-refractivity contribution in [1.29, 1.82) is 0 Å². The van der Waals surface area contributed by atoms with Gasteiger partial charge in [0.05, 0.1) is 5.56 Å². The molecule has 10 aromatic rings. The molecule has 0 N–H and O–H groups in total. The first kappa shape index (κ1) is 32.0. The van der Waals surface area contributed by atoms with Crippen LogP contribution >= 0.6 is 0 Å². The van der Waals surface area contributed by atoms with Gasteiger partial charge >= 0.3 is 0 Å². The number of nitrogens with zero attached hydrogens (tertiary/aromatic N) is 6. The van der Waals surface area contributed by atoms with Crippen LogP contribution in [0.15, 0.2) is 186 Å². The Morgan fingerprint density at radius 3 is 0.945 bits per heavy atom. The molecule has 0 bridgehead atoms. The molecule has 0 spiro atoms. The molecule has 0 atom stereocenters. The molecule has 7 nitrogen and oxygen atoms in total. The Labute approximate surface area is 316 Å². The zero-order valence-corrected chi connectivity index (χ0v) is 29.4. The van der Waals surface area contributed by atoms with Gasteiger partial charge in [-0.05, 0) is 11.6 Å². The first-order valence-electron chi connectivity index (χ1n) is 18.0. The van der Waals surface area contributed by atoms with E-state index in [-0.39, 0.29) is 0 Å². The number of rotatable bonds is 7. The van der Waals surface area contributed by atoms with Crippen molar-refractivity contribution in [1.82, 2.24) is 29.9 Å². The SMILES string of the molecule is c1ccc(-c2nc(-c3ccccc3)nc(-c3ccc(-c4cccc5c4oc4c(-c6nc(-c7ccccc7)nc(-c7ccccc7)n6)cccc45)cc3)n2)cc1. The third-order valence-corrected chi connectivity index (χ3v) is 9.62. The van der Waals surface area contributed by atoms with Gasteiger partial charge in [-0.3, -0.25) is 0 Å². The van der Waals surface area contributed by atoms with Crippen molar-refractivity contribution in [2.45, 2.75) is 0 Å². The monoisotopic (exact) mass is 706 g/mol. The molecule has 3 heterocycles. The van der Waals surface area contributed by atoms with Crippen molar-refractivity contribution in [2.24, 2.45) is 0 Å². The molecule has 10 rings (SSSR count). The summed E-state index contributed by atoms with van der Waals surface area (Å²) >= 11 is 0. The first-order chi connectivity index (χ1) is 27.2. The van der Waals surface area contributed by atoms with E-state index in [9.17, 15) is 0 Å². The van der Waals surface area contributed by atoms with Crippen LogP contribution in [0, 0.1) is 0 Å². The average molecular weight is 707 g/mol. The highest BCUT2D eigenvalue weighted by atomic mass is 16.3. The summed E-state index contributed by atoms with van der Waals surface area (Å²) < 4.78 is 6.83. The van der Waals surface area contributed by atoms with Crippen LogP contribution < -0.4 is 0 Å². The number of aromatic nitrogens is 6. The van der Waals surface area contributed by atoms with Gasteiger partial charge < -0.3 is 4.42 Å². The zero-order chi connectivity index (χ0) is 36.6. The molecule has 55 heavy (non-hydrogen) atoms. The molecular formula is C48H30N6O. The van der Waals surface area contributed by atoms with Gasteiger partial charge in [0.15, 0.2) is 34.9 Å². The number of hydrogen-bond donors (Lipinski definition) is 0. The predicted octanol–water partition coefficient (Wildman–Crippen LogP) is 11.6. The van der Waals surface area contributed by atoms with Crippen LogP contribution in [0.2, 0.25) is 0 Å². The van der Waals surface area contributed by atoms with Crippen LogP contribution in [-0.2, 0) is 0 Å². The molecule has 0 saturated heterocycles. The van der Waals surface area contributed by atoms with Gasteiger partial charge in [-0.15, -0.1) is 0 Å². The van der Waals surface area contributed by atoms with E-state index in [4.69, 9.17) is 34.3 Å². The summed E-state index contributed by atoms with van der Waals surface area (Å²) in [6.07, 6.45) is 0. The molecule has 0 fully saturated rings. The quantitative estimate of drug-likeness (QED) is 0.163. The Bertz CT molecular complexity index is 2840. The van der Waals surface area contributed by atoms with E-state index in [0.29, 0.717) is 34.9 Å². The van der Waals surface area contributed by atoms with Gasteiger partial charge in [0.2, 0.25) is 0 Å². The summed E-state index contributed by atoms with van der Waals surface area (Å²) in [4.78, 5) is 29.5. The maximum absolute atomic E-state index is 6.83. The highest BCUT2D eigenvalue weighted by molar-refractivity contribution is 6.12. The highest BCUT2D eigenvalue weighted by Crippen LogP contribution is 2.40. The van der Waals surface area contributed by atoms with Crippen LogP contribution in [-0.4, -0.2) is 29.9 Å². The molecule has 0 aliphatic heterocycles. The van der Waals surface area contributed by atoms with E-state index >= 15 is 0 Å². The Balaban J connectivity index is 1.07. The Morgan fingerprint density at radius 2 is 0.545 bits per heavy atom. The van der Waals surface area contributed by atoms with E-state index in [0.717, 1.165) is 66.4 Å². The average Bonchev–Trinajstić information content (AvgIpc) is 3.67. The lowest BCUT2D eigenvalue weighted by atomic mass is 10.0. The van der Waals surface area contributed by atoms with Gasteiger partial charge in [0.25, 0.3) is 0 Å². The third kappa shape index (κ3) is 6.09. The van der Waals surface area contributed by atoms with Crippen LogP contribution in [0.25, 0.3) is 101 Å². The Hall–Kier alpha value is -7.64. The lowest BCUT2D eigenvalue weighted by molar-refractivity contribution is 0.670. The second kappa shape index (κ2) is 13.7. The van der Waals surface area contributed by atoms with Gasteiger partial charge in [0, 0.05) is 44.2 Å². The second-order valence-electron chi connectivity index (χ2n) is 13.1. The molecule has 7 heteroatoms. The molecular weight excluding hydrogens is 677 g/mol. The van der Waals surface area contributed by atoms with E-state index in [1.807, 2.05) is 133 Å². The molecule has 258 valence electrons. The minimum absolute atomic E-state index is 0.547.